The lowest BCUT2D eigenvalue weighted by Gasteiger charge is -1.97. The molecule has 2 aromatic heterocycles. The second kappa shape index (κ2) is 2.82. The molecule has 0 atom stereocenters. The molecule has 0 saturated heterocycles. The van der Waals surface area contributed by atoms with Gasteiger partial charge in [0.05, 0.1) is 12.3 Å². The molecule has 72 valence electrons. The van der Waals surface area contributed by atoms with Crippen LogP contribution in [0.15, 0.2) is 24.5 Å². The number of fused-ring (bicyclic) bond motifs is 1. The number of nitrogens with zero attached hydrogens (tertiary/aromatic N) is 2. The molecular formula is C11H12N2O. The van der Waals surface area contributed by atoms with E-state index < -0.39 is 0 Å². The lowest BCUT2D eigenvalue weighted by atomic mass is 10.2. The van der Waals surface area contributed by atoms with Crippen LogP contribution in [0, 0.1) is 0 Å². The van der Waals surface area contributed by atoms with Gasteiger partial charge in [0.2, 0.25) is 0 Å². The molecule has 1 aliphatic rings. The first-order valence-corrected chi connectivity index (χ1v) is 4.95. The second-order valence-electron chi connectivity index (χ2n) is 3.89. The molecule has 2 aromatic rings. The molecule has 0 unspecified atom stereocenters. The minimum absolute atomic E-state index is 0.0143. The Morgan fingerprint density at radius 1 is 1.50 bits per heavy atom. The van der Waals surface area contributed by atoms with Gasteiger partial charge < -0.3 is 9.51 Å². The van der Waals surface area contributed by atoms with Crippen LogP contribution in [0.4, 0.5) is 0 Å². The van der Waals surface area contributed by atoms with E-state index in [-0.39, 0.29) is 6.61 Å². The monoisotopic (exact) mass is 188 g/mol. The molecule has 14 heavy (non-hydrogen) atoms. The highest BCUT2D eigenvalue weighted by Crippen LogP contribution is 2.40. The summed E-state index contributed by atoms with van der Waals surface area (Å²) in [4.78, 5) is 4.31. The lowest BCUT2D eigenvalue weighted by molar-refractivity contribution is 0.277. The van der Waals surface area contributed by atoms with Crippen LogP contribution in [-0.2, 0) is 6.61 Å². The SMILES string of the molecule is OCc1cn2ccc(C3CC3)cc2n1. The van der Waals surface area contributed by atoms with Crippen LogP contribution >= 0.6 is 0 Å². The molecule has 1 saturated carbocycles. The van der Waals surface area contributed by atoms with Gasteiger partial charge in [-0.05, 0) is 36.5 Å². The van der Waals surface area contributed by atoms with E-state index in [1.165, 1.54) is 18.4 Å². The highest BCUT2D eigenvalue weighted by atomic mass is 16.3. The van der Waals surface area contributed by atoms with Crippen LogP contribution in [-0.4, -0.2) is 14.5 Å². The summed E-state index contributed by atoms with van der Waals surface area (Å²) in [6, 6.07) is 4.27. The molecule has 0 radical (unpaired) electrons. The molecule has 0 bridgehead atoms. The third-order valence-corrected chi connectivity index (χ3v) is 2.74. The van der Waals surface area contributed by atoms with Crippen molar-refractivity contribution in [2.45, 2.75) is 25.4 Å². The van der Waals surface area contributed by atoms with Crippen molar-refractivity contribution in [2.75, 3.05) is 0 Å². The van der Waals surface area contributed by atoms with Crippen LogP contribution in [0.2, 0.25) is 0 Å². The van der Waals surface area contributed by atoms with Gasteiger partial charge in [0, 0.05) is 12.4 Å². The zero-order valence-corrected chi connectivity index (χ0v) is 7.85. The molecule has 1 N–H and O–H groups in total. The molecule has 0 amide bonds. The minimum Gasteiger partial charge on any atom is -0.390 e. The smallest absolute Gasteiger partial charge is 0.137 e. The maximum atomic E-state index is 8.95. The van der Waals surface area contributed by atoms with Gasteiger partial charge in [-0.2, -0.15) is 0 Å². The summed E-state index contributed by atoms with van der Waals surface area (Å²) in [7, 11) is 0. The molecule has 0 aliphatic heterocycles. The summed E-state index contributed by atoms with van der Waals surface area (Å²) in [5.74, 6) is 0.759. The van der Waals surface area contributed by atoms with Crippen LogP contribution in [0.25, 0.3) is 5.65 Å². The highest BCUT2D eigenvalue weighted by Gasteiger charge is 2.23. The largest absolute Gasteiger partial charge is 0.390 e. The molecule has 0 aromatic carbocycles. The van der Waals surface area contributed by atoms with Gasteiger partial charge in [-0.15, -0.1) is 0 Å². The molecule has 2 heterocycles. The van der Waals surface area contributed by atoms with Crippen molar-refractivity contribution >= 4 is 5.65 Å². The van der Waals surface area contributed by atoms with E-state index in [2.05, 4.69) is 17.1 Å². The van der Waals surface area contributed by atoms with Gasteiger partial charge in [0.15, 0.2) is 0 Å². The van der Waals surface area contributed by atoms with E-state index >= 15 is 0 Å². The molecule has 3 rings (SSSR count). The first kappa shape index (κ1) is 8.00. The number of aliphatic hydroxyl groups excluding tert-OH is 1. The summed E-state index contributed by atoms with van der Waals surface area (Å²) in [5.41, 5.74) is 3.06. The number of hydrogen-bond donors (Lipinski definition) is 1. The zero-order valence-electron chi connectivity index (χ0n) is 7.85. The van der Waals surface area contributed by atoms with Gasteiger partial charge in [0.25, 0.3) is 0 Å². The normalized spacial score (nSPS) is 16.4. The Labute approximate surface area is 82.0 Å². The average molecular weight is 188 g/mol. The number of imidazole rings is 1. The first-order valence-electron chi connectivity index (χ1n) is 4.95. The molecule has 3 nitrogen and oxygen atoms in total. The number of rotatable bonds is 2. The summed E-state index contributed by atoms with van der Waals surface area (Å²) < 4.78 is 1.96. The van der Waals surface area contributed by atoms with Crippen molar-refractivity contribution < 1.29 is 5.11 Å². The van der Waals surface area contributed by atoms with E-state index in [0.29, 0.717) is 0 Å². The number of hydrogen-bond acceptors (Lipinski definition) is 2. The summed E-state index contributed by atoms with van der Waals surface area (Å²) >= 11 is 0. The van der Waals surface area contributed by atoms with E-state index in [4.69, 9.17) is 5.11 Å². The maximum absolute atomic E-state index is 8.95. The van der Waals surface area contributed by atoms with E-state index in [9.17, 15) is 0 Å². The van der Waals surface area contributed by atoms with Crippen molar-refractivity contribution in [1.29, 1.82) is 0 Å². The second-order valence-corrected chi connectivity index (χ2v) is 3.89. The Morgan fingerprint density at radius 3 is 3.07 bits per heavy atom. The molecule has 3 heteroatoms. The van der Waals surface area contributed by atoms with Crippen molar-refractivity contribution in [1.82, 2.24) is 9.38 Å². The van der Waals surface area contributed by atoms with Gasteiger partial charge in [-0.1, -0.05) is 0 Å². The standard InChI is InChI=1S/C11H12N2O/c14-7-10-6-13-4-3-9(8-1-2-8)5-11(13)12-10/h3-6,8,14H,1-2,7H2. The predicted octanol–water partition coefficient (Wildman–Crippen LogP) is 1.70. The number of pyridine rings is 1. The first-order chi connectivity index (χ1) is 6.86. The third kappa shape index (κ3) is 1.21. The van der Waals surface area contributed by atoms with Crippen LogP contribution in [0.3, 0.4) is 0 Å². The summed E-state index contributed by atoms with van der Waals surface area (Å²) in [5, 5.41) is 8.95. The van der Waals surface area contributed by atoms with Gasteiger partial charge >= 0.3 is 0 Å². The van der Waals surface area contributed by atoms with Crippen LogP contribution in [0.1, 0.15) is 30.0 Å². The number of aromatic nitrogens is 2. The van der Waals surface area contributed by atoms with E-state index in [0.717, 1.165) is 17.3 Å². The van der Waals surface area contributed by atoms with Gasteiger partial charge in [-0.3, -0.25) is 0 Å². The Balaban J connectivity index is 2.12. The Morgan fingerprint density at radius 2 is 2.36 bits per heavy atom. The molecule has 0 spiro atoms. The highest BCUT2D eigenvalue weighted by molar-refractivity contribution is 5.44. The van der Waals surface area contributed by atoms with E-state index in [1.54, 1.807) is 0 Å². The number of aliphatic hydroxyl groups is 1. The summed E-state index contributed by atoms with van der Waals surface area (Å²) in [6.45, 7) is 0.0143. The van der Waals surface area contributed by atoms with E-state index in [1.807, 2.05) is 16.8 Å². The average Bonchev–Trinajstić information content (AvgIpc) is 2.97. The Bertz CT molecular complexity index is 471. The van der Waals surface area contributed by atoms with Crippen LogP contribution < -0.4 is 0 Å². The van der Waals surface area contributed by atoms with Gasteiger partial charge in [0.1, 0.15) is 5.65 Å². The Hall–Kier alpha value is -1.35. The van der Waals surface area contributed by atoms with Crippen molar-refractivity contribution in [3.05, 3.63) is 35.8 Å². The topological polar surface area (TPSA) is 37.5 Å². The zero-order chi connectivity index (χ0) is 9.54. The molecular weight excluding hydrogens is 176 g/mol. The molecule has 1 fully saturated rings. The fourth-order valence-corrected chi connectivity index (χ4v) is 1.80. The third-order valence-electron chi connectivity index (χ3n) is 2.74. The van der Waals surface area contributed by atoms with Crippen LogP contribution in [0.5, 0.6) is 0 Å². The van der Waals surface area contributed by atoms with Crippen molar-refractivity contribution in [3.63, 3.8) is 0 Å². The Kier molecular flexibility index (Phi) is 1.61. The maximum Gasteiger partial charge on any atom is 0.137 e. The van der Waals surface area contributed by atoms with Crippen molar-refractivity contribution in [2.24, 2.45) is 0 Å². The fourth-order valence-electron chi connectivity index (χ4n) is 1.80. The molecule has 1 aliphatic carbocycles. The lowest BCUT2D eigenvalue weighted by Crippen LogP contribution is -1.85. The quantitative estimate of drug-likeness (QED) is 0.779. The van der Waals surface area contributed by atoms with Crippen molar-refractivity contribution in [3.8, 4) is 0 Å². The van der Waals surface area contributed by atoms with Gasteiger partial charge in [-0.25, -0.2) is 4.98 Å². The predicted molar refractivity (Wildman–Crippen MR) is 53.1 cm³/mol. The minimum atomic E-state index is 0.0143. The fraction of sp³-hybridized carbons (Fsp3) is 0.364. The summed E-state index contributed by atoms with van der Waals surface area (Å²) in [6.07, 6.45) is 6.51.